The van der Waals surface area contributed by atoms with E-state index in [1.54, 1.807) is 13.2 Å². The van der Waals surface area contributed by atoms with Crippen molar-refractivity contribution in [1.29, 1.82) is 0 Å². The topological polar surface area (TPSA) is 65.4 Å². The number of nitrogens with zero attached hydrogens (tertiary/aromatic N) is 2. The number of hydrogen-bond acceptors (Lipinski definition) is 4. The summed E-state index contributed by atoms with van der Waals surface area (Å²) in [7, 11) is 1.61. The molecule has 1 aromatic heterocycles. The number of ether oxygens (including phenoxy) is 2. The van der Waals surface area contributed by atoms with Gasteiger partial charge in [-0.1, -0.05) is 30.9 Å². The Balaban J connectivity index is 1.77. The Hall–Kier alpha value is -3.54. The van der Waals surface area contributed by atoms with Crippen molar-refractivity contribution >= 4 is 11.7 Å². The number of carbonyl (C=O) groups is 1. The third-order valence-corrected chi connectivity index (χ3v) is 5.57. The zero-order chi connectivity index (χ0) is 21.3. The summed E-state index contributed by atoms with van der Waals surface area (Å²) in [5, 5.41) is 7.63. The van der Waals surface area contributed by atoms with Crippen molar-refractivity contribution < 1.29 is 14.3 Å². The fourth-order valence-corrected chi connectivity index (χ4v) is 3.83. The van der Waals surface area contributed by atoms with Gasteiger partial charge in [0.1, 0.15) is 12.4 Å². The van der Waals surface area contributed by atoms with E-state index in [2.05, 4.69) is 36.9 Å². The third-order valence-electron chi connectivity index (χ3n) is 5.57. The van der Waals surface area contributed by atoms with Gasteiger partial charge in [-0.05, 0) is 48.7 Å². The van der Waals surface area contributed by atoms with Gasteiger partial charge in [-0.25, -0.2) is 4.68 Å². The van der Waals surface area contributed by atoms with Crippen LogP contribution in [0.3, 0.4) is 0 Å². The normalized spacial score (nSPS) is 15.3. The first-order valence-electron chi connectivity index (χ1n) is 9.89. The Labute approximate surface area is 176 Å². The lowest BCUT2D eigenvalue weighted by Crippen LogP contribution is -2.24. The number of benzene rings is 2. The molecule has 154 valence electrons. The molecule has 0 bridgehead atoms. The molecule has 1 amide bonds. The maximum absolute atomic E-state index is 12.6. The van der Waals surface area contributed by atoms with Crippen LogP contribution in [-0.2, 0) is 4.79 Å². The quantitative estimate of drug-likeness (QED) is 0.614. The number of aryl methyl sites for hydroxylation is 1. The van der Waals surface area contributed by atoms with Crippen molar-refractivity contribution in [2.45, 2.75) is 26.2 Å². The van der Waals surface area contributed by atoms with Crippen molar-refractivity contribution in [3.8, 4) is 17.2 Å². The minimum Gasteiger partial charge on any atom is -0.493 e. The zero-order valence-electron chi connectivity index (χ0n) is 17.4. The van der Waals surface area contributed by atoms with Gasteiger partial charge in [0.2, 0.25) is 5.91 Å². The predicted octanol–water partition coefficient (Wildman–Crippen LogP) is 4.54. The number of carbonyl (C=O) groups excluding carboxylic acids is 1. The Morgan fingerprint density at radius 3 is 2.87 bits per heavy atom. The van der Waals surface area contributed by atoms with Crippen molar-refractivity contribution in [3.05, 3.63) is 77.5 Å². The maximum Gasteiger partial charge on any atom is 0.226 e. The van der Waals surface area contributed by atoms with Crippen LogP contribution in [0, 0.1) is 13.8 Å². The van der Waals surface area contributed by atoms with E-state index in [-0.39, 0.29) is 11.8 Å². The number of fused-ring (bicyclic) bond motifs is 1. The lowest BCUT2D eigenvalue weighted by Gasteiger charge is -2.25. The lowest BCUT2D eigenvalue weighted by atomic mass is 9.87. The van der Waals surface area contributed by atoms with Crippen LogP contribution in [0.4, 0.5) is 5.82 Å². The average Bonchev–Trinajstić information content (AvgIpc) is 3.17. The van der Waals surface area contributed by atoms with Gasteiger partial charge in [-0.15, -0.1) is 0 Å². The van der Waals surface area contributed by atoms with Crippen LogP contribution in [-0.4, -0.2) is 29.4 Å². The molecular weight excluding hydrogens is 378 g/mol. The molecule has 6 heteroatoms. The van der Waals surface area contributed by atoms with Gasteiger partial charge >= 0.3 is 0 Å². The Morgan fingerprint density at radius 1 is 1.27 bits per heavy atom. The summed E-state index contributed by atoms with van der Waals surface area (Å²) in [4.78, 5) is 12.6. The number of amides is 1. The molecule has 1 aliphatic rings. The molecule has 1 N–H and O–H groups in total. The highest BCUT2D eigenvalue weighted by Gasteiger charge is 2.31. The van der Waals surface area contributed by atoms with E-state index in [0.717, 1.165) is 28.2 Å². The maximum atomic E-state index is 12.6. The molecule has 2 aromatic carbocycles. The number of nitrogens with one attached hydrogen (secondary N) is 1. The number of hydrogen-bond donors (Lipinski definition) is 1. The minimum atomic E-state index is -0.116. The van der Waals surface area contributed by atoms with Crippen LogP contribution in [0.15, 0.2) is 55.3 Å². The largest absolute Gasteiger partial charge is 0.493 e. The van der Waals surface area contributed by atoms with E-state index in [1.807, 2.05) is 41.2 Å². The van der Waals surface area contributed by atoms with Crippen molar-refractivity contribution in [2.24, 2.45) is 0 Å². The summed E-state index contributed by atoms with van der Waals surface area (Å²) in [5.41, 5.74) is 5.23. The molecule has 0 radical (unpaired) electrons. The highest BCUT2D eigenvalue weighted by atomic mass is 16.5. The van der Waals surface area contributed by atoms with E-state index in [4.69, 9.17) is 9.47 Å². The monoisotopic (exact) mass is 403 g/mol. The van der Waals surface area contributed by atoms with E-state index in [0.29, 0.717) is 24.5 Å². The van der Waals surface area contributed by atoms with Crippen LogP contribution >= 0.6 is 0 Å². The molecule has 0 saturated carbocycles. The van der Waals surface area contributed by atoms with E-state index in [9.17, 15) is 4.79 Å². The minimum absolute atomic E-state index is 0.0366. The van der Waals surface area contributed by atoms with Gasteiger partial charge in [-0.2, -0.15) is 5.10 Å². The summed E-state index contributed by atoms with van der Waals surface area (Å²) >= 11 is 0. The molecule has 3 aromatic rings. The fraction of sp³-hybridized carbons (Fsp3) is 0.250. The van der Waals surface area contributed by atoms with Crippen molar-refractivity contribution in [1.82, 2.24) is 9.78 Å². The molecule has 2 heterocycles. The van der Waals surface area contributed by atoms with Crippen LogP contribution in [0.25, 0.3) is 5.69 Å². The number of rotatable bonds is 6. The van der Waals surface area contributed by atoms with E-state index >= 15 is 0 Å². The molecule has 1 unspecified atom stereocenters. The highest BCUT2D eigenvalue weighted by Crippen LogP contribution is 2.41. The van der Waals surface area contributed by atoms with Gasteiger partial charge in [-0.3, -0.25) is 4.79 Å². The number of anilines is 1. The molecule has 4 rings (SSSR count). The lowest BCUT2D eigenvalue weighted by molar-refractivity contribution is -0.116. The third kappa shape index (κ3) is 3.45. The molecule has 1 atom stereocenters. The van der Waals surface area contributed by atoms with Crippen LogP contribution in [0.2, 0.25) is 0 Å². The van der Waals surface area contributed by atoms with Crippen molar-refractivity contribution in [3.63, 3.8) is 0 Å². The second kappa shape index (κ2) is 8.06. The van der Waals surface area contributed by atoms with Crippen LogP contribution in [0.1, 0.15) is 34.6 Å². The molecule has 1 aliphatic heterocycles. The first-order valence-corrected chi connectivity index (χ1v) is 9.89. The summed E-state index contributed by atoms with van der Waals surface area (Å²) in [5.74, 6) is 1.84. The fourth-order valence-electron chi connectivity index (χ4n) is 3.83. The number of aromatic nitrogens is 2. The van der Waals surface area contributed by atoms with E-state index in [1.165, 1.54) is 5.56 Å². The van der Waals surface area contributed by atoms with Crippen LogP contribution in [0.5, 0.6) is 11.5 Å². The SMILES string of the molecule is C=CCOc1ccc(C2CC(=O)Nc3c2cnn3-c2cccc(C)c2C)cc1OC. The van der Waals surface area contributed by atoms with Crippen LogP contribution < -0.4 is 14.8 Å². The average molecular weight is 403 g/mol. The smallest absolute Gasteiger partial charge is 0.226 e. The van der Waals surface area contributed by atoms with Gasteiger partial charge in [0.05, 0.1) is 19.0 Å². The second-order valence-electron chi connectivity index (χ2n) is 7.39. The summed E-state index contributed by atoms with van der Waals surface area (Å²) < 4.78 is 13.0. The first kappa shape index (κ1) is 19.8. The van der Waals surface area contributed by atoms with Gasteiger partial charge in [0.15, 0.2) is 11.5 Å². The summed E-state index contributed by atoms with van der Waals surface area (Å²) in [6.45, 7) is 8.20. The molecule has 30 heavy (non-hydrogen) atoms. The molecule has 0 saturated heterocycles. The molecule has 6 nitrogen and oxygen atoms in total. The molecular formula is C24H25N3O3. The van der Waals surface area contributed by atoms with Crippen molar-refractivity contribution in [2.75, 3.05) is 19.0 Å². The summed E-state index contributed by atoms with van der Waals surface area (Å²) in [6, 6.07) is 11.9. The standard InChI is InChI=1S/C24H25N3O3/c1-5-11-30-21-10-9-17(12-22(21)29-4)18-13-23(28)26-24-19(18)14-25-27(24)20-8-6-7-15(2)16(20)3/h5-10,12,14,18H,1,11,13H2,2-4H3,(H,26,28). The van der Waals surface area contributed by atoms with Gasteiger partial charge < -0.3 is 14.8 Å². The molecule has 0 fully saturated rings. The van der Waals surface area contributed by atoms with E-state index < -0.39 is 0 Å². The zero-order valence-corrected chi connectivity index (χ0v) is 17.4. The molecule has 0 aliphatic carbocycles. The highest BCUT2D eigenvalue weighted by molar-refractivity contribution is 5.94. The summed E-state index contributed by atoms with van der Waals surface area (Å²) in [6.07, 6.45) is 3.88. The molecule has 0 spiro atoms. The number of methoxy groups -OCH3 is 1. The second-order valence-corrected chi connectivity index (χ2v) is 7.39. The Bertz CT molecular complexity index is 1120. The Kier molecular flexibility index (Phi) is 5.31. The predicted molar refractivity (Wildman–Crippen MR) is 117 cm³/mol. The van der Waals surface area contributed by atoms with Gasteiger partial charge in [0.25, 0.3) is 0 Å². The van der Waals surface area contributed by atoms with Gasteiger partial charge in [0, 0.05) is 17.9 Å². The first-order chi connectivity index (χ1) is 14.5. The Morgan fingerprint density at radius 2 is 2.10 bits per heavy atom.